The first kappa shape index (κ1) is 21.8. The Hall–Kier alpha value is -2.46. The van der Waals surface area contributed by atoms with E-state index in [-0.39, 0.29) is 17.2 Å². The fourth-order valence-electron chi connectivity index (χ4n) is 3.56. The van der Waals surface area contributed by atoms with Gasteiger partial charge >= 0.3 is 0 Å². The van der Waals surface area contributed by atoms with Crippen LogP contribution in [0.15, 0.2) is 47.5 Å². The van der Waals surface area contributed by atoms with Crippen LogP contribution in [0.4, 0.5) is 5.69 Å². The molecule has 10 heteroatoms. The third-order valence-electron chi connectivity index (χ3n) is 5.08. The van der Waals surface area contributed by atoms with Crippen LogP contribution in [0.25, 0.3) is 10.9 Å². The third kappa shape index (κ3) is 5.24. The van der Waals surface area contributed by atoms with Crippen LogP contribution in [0.1, 0.15) is 5.56 Å². The van der Waals surface area contributed by atoms with E-state index in [1.165, 1.54) is 6.07 Å². The summed E-state index contributed by atoms with van der Waals surface area (Å²) in [6.07, 6.45) is 2.96. The van der Waals surface area contributed by atoms with Crippen LogP contribution >= 0.6 is 11.6 Å². The number of benzene rings is 2. The zero-order chi connectivity index (χ0) is 22.0. The normalized spacial score (nSPS) is 15.3. The van der Waals surface area contributed by atoms with Crippen molar-refractivity contribution < 1.29 is 17.9 Å². The summed E-state index contributed by atoms with van der Waals surface area (Å²) in [5.74, 6) is -0.292. The van der Waals surface area contributed by atoms with E-state index >= 15 is 0 Å². The molecule has 0 atom stereocenters. The highest BCUT2D eigenvalue weighted by atomic mass is 35.5. The van der Waals surface area contributed by atoms with Gasteiger partial charge in [0.25, 0.3) is 0 Å². The second-order valence-corrected chi connectivity index (χ2v) is 9.93. The third-order valence-corrected chi connectivity index (χ3v) is 6.58. The molecule has 2 heterocycles. The summed E-state index contributed by atoms with van der Waals surface area (Å²) in [5.41, 5.74) is 1.58. The Labute approximate surface area is 185 Å². The molecular weight excluding hydrogens is 440 g/mol. The van der Waals surface area contributed by atoms with E-state index in [1.54, 1.807) is 35.1 Å². The minimum absolute atomic E-state index is 0.0807. The molecule has 3 aromatic rings. The first-order valence-corrected chi connectivity index (χ1v) is 12.1. The van der Waals surface area contributed by atoms with Crippen molar-refractivity contribution in [2.45, 2.75) is 18.0 Å². The predicted octanol–water partition coefficient (Wildman–Crippen LogP) is 2.56. The Morgan fingerprint density at radius 2 is 1.97 bits per heavy atom. The predicted molar refractivity (Wildman–Crippen MR) is 119 cm³/mol. The van der Waals surface area contributed by atoms with Gasteiger partial charge in [-0.2, -0.15) is 5.10 Å². The molecule has 0 bridgehead atoms. The number of amides is 1. The Balaban J connectivity index is 1.61. The quantitative estimate of drug-likeness (QED) is 0.605. The Morgan fingerprint density at radius 3 is 2.68 bits per heavy atom. The number of nitrogens with one attached hydrogen (secondary N) is 1. The van der Waals surface area contributed by atoms with Crippen LogP contribution in [0, 0.1) is 0 Å². The number of ether oxygens (including phenoxy) is 1. The molecule has 31 heavy (non-hydrogen) atoms. The molecule has 8 nitrogen and oxygen atoms in total. The van der Waals surface area contributed by atoms with Crippen LogP contribution < -0.4 is 5.32 Å². The number of rotatable bonds is 6. The molecular formula is C21H23ClN4O4S. The zero-order valence-corrected chi connectivity index (χ0v) is 18.6. The van der Waals surface area contributed by atoms with Gasteiger partial charge in [0.1, 0.15) is 0 Å². The lowest BCUT2D eigenvalue weighted by Crippen LogP contribution is -2.37. The largest absolute Gasteiger partial charge is 0.379 e. The van der Waals surface area contributed by atoms with Crippen molar-refractivity contribution in [3.05, 3.63) is 53.2 Å². The summed E-state index contributed by atoms with van der Waals surface area (Å²) in [6, 6.07) is 10.3. The summed E-state index contributed by atoms with van der Waals surface area (Å²) >= 11 is 6.13. The van der Waals surface area contributed by atoms with E-state index in [2.05, 4.69) is 15.3 Å². The van der Waals surface area contributed by atoms with E-state index in [1.807, 2.05) is 6.07 Å². The van der Waals surface area contributed by atoms with Crippen molar-refractivity contribution in [1.82, 2.24) is 14.7 Å². The fourth-order valence-corrected chi connectivity index (χ4v) is 4.66. The molecule has 0 aliphatic carbocycles. The lowest BCUT2D eigenvalue weighted by Gasteiger charge is -2.26. The summed E-state index contributed by atoms with van der Waals surface area (Å²) in [7, 11) is -3.53. The zero-order valence-electron chi connectivity index (χ0n) is 17.0. The van der Waals surface area contributed by atoms with Crippen LogP contribution in [0.5, 0.6) is 0 Å². The molecule has 1 fully saturated rings. The van der Waals surface area contributed by atoms with Crippen molar-refractivity contribution in [2.75, 3.05) is 37.9 Å². The average Bonchev–Trinajstić information content (AvgIpc) is 3.11. The van der Waals surface area contributed by atoms with Crippen molar-refractivity contribution in [1.29, 1.82) is 0 Å². The second kappa shape index (κ2) is 8.96. The fraction of sp³-hybridized carbons (Fsp3) is 0.333. The van der Waals surface area contributed by atoms with Gasteiger partial charge < -0.3 is 10.1 Å². The highest BCUT2D eigenvalue weighted by Crippen LogP contribution is 2.27. The van der Waals surface area contributed by atoms with E-state index in [0.717, 1.165) is 19.3 Å². The summed E-state index contributed by atoms with van der Waals surface area (Å²) in [5, 5.41) is 8.35. The molecule has 164 valence electrons. The van der Waals surface area contributed by atoms with Crippen molar-refractivity contribution in [3.8, 4) is 0 Å². The molecule has 1 aliphatic heterocycles. The number of hydrogen-bond acceptors (Lipinski definition) is 6. The average molecular weight is 463 g/mol. The lowest BCUT2D eigenvalue weighted by molar-refractivity contribution is -0.115. The smallest absolute Gasteiger partial charge is 0.228 e. The molecule has 1 aromatic heterocycles. The highest BCUT2D eigenvalue weighted by Gasteiger charge is 2.19. The number of carbonyl (C=O) groups is 1. The SMILES string of the molecule is CS(=O)(=O)c1cc(NC(=O)Cc2ccccc2Cl)cc2nn(CN3CCOCC3)cc12. The van der Waals surface area contributed by atoms with E-state index in [0.29, 0.717) is 47.1 Å². The van der Waals surface area contributed by atoms with Gasteiger partial charge in [0.2, 0.25) is 5.91 Å². The maximum absolute atomic E-state index is 12.5. The Kier molecular flexibility index (Phi) is 6.29. The minimum atomic E-state index is -3.53. The number of sulfone groups is 1. The van der Waals surface area contributed by atoms with Crippen LogP contribution in [-0.4, -0.2) is 61.6 Å². The summed E-state index contributed by atoms with van der Waals surface area (Å²) < 4.78 is 31.9. The molecule has 1 saturated heterocycles. The molecule has 4 rings (SSSR count). The van der Waals surface area contributed by atoms with Gasteiger partial charge in [-0.15, -0.1) is 0 Å². The van der Waals surface area contributed by atoms with E-state index in [4.69, 9.17) is 16.3 Å². The van der Waals surface area contributed by atoms with Crippen LogP contribution in [-0.2, 0) is 32.5 Å². The molecule has 0 spiro atoms. The second-order valence-electron chi connectivity index (χ2n) is 7.54. The molecule has 0 saturated carbocycles. The van der Waals surface area contributed by atoms with Gasteiger partial charge in [-0.05, 0) is 23.8 Å². The number of anilines is 1. The van der Waals surface area contributed by atoms with Gasteiger partial charge in [-0.1, -0.05) is 29.8 Å². The summed E-state index contributed by atoms with van der Waals surface area (Å²) in [6.45, 7) is 3.44. The number of nitrogens with zero attached hydrogens (tertiary/aromatic N) is 3. The maximum atomic E-state index is 12.5. The van der Waals surface area contributed by atoms with E-state index < -0.39 is 9.84 Å². The number of aromatic nitrogens is 2. The highest BCUT2D eigenvalue weighted by molar-refractivity contribution is 7.91. The van der Waals surface area contributed by atoms with Crippen molar-refractivity contribution in [2.24, 2.45) is 0 Å². The van der Waals surface area contributed by atoms with Gasteiger partial charge in [-0.25, -0.2) is 8.42 Å². The summed E-state index contributed by atoms with van der Waals surface area (Å²) in [4.78, 5) is 14.8. The van der Waals surface area contributed by atoms with Crippen LogP contribution in [0.2, 0.25) is 5.02 Å². The lowest BCUT2D eigenvalue weighted by atomic mass is 10.1. The minimum Gasteiger partial charge on any atom is -0.379 e. The number of halogens is 1. The molecule has 1 N–H and O–H groups in total. The van der Waals surface area contributed by atoms with Gasteiger partial charge in [0, 0.05) is 41.6 Å². The monoisotopic (exact) mass is 462 g/mol. The molecule has 1 amide bonds. The Morgan fingerprint density at radius 1 is 1.23 bits per heavy atom. The molecule has 1 aliphatic rings. The Bertz CT molecular complexity index is 1220. The van der Waals surface area contributed by atoms with Crippen LogP contribution in [0.3, 0.4) is 0 Å². The first-order valence-electron chi connectivity index (χ1n) is 9.84. The van der Waals surface area contributed by atoms with E-state index in [9.17, 15) is 13.2 Å². The number of carbonyl (C=O) groups excluding carboxylic acids is 1. The number of hydrogen-bond donors (Lipinski definition) is 1. The van der Waals surface area contributed by atoms with Gasteiger partial charge in [0.15, 0.2) is 9.84 Å². The maximum Gasteiger partial charge on any atom is 0.228 e. The first-order chi connectivity index (χ1) is 14.8. The standard InChI is InChI=1S/C21H23ClN4O4S/c1-31(28,29)20-12-16(23-21(27)10-15-4-2-3-5-18(15)22)11-19-17(20)13-26(24-19)14-25-6-8-30-9-7-25/h2-5,11-13H,6-10,14H2,1H3,(H,23,27). The topological polar surface area (TPSA) is 93.5 Å². The number of morpholine rings is 1. The van der Waals surface area contributed by atoms with Crippen molar-refractivity contribution in [3.63, 3.8) is 0 Å². The van der Waals surface area contributed by atoms with Gasteiger partial charge in [-0.3, -0.25) is 14.4 Å². The molecule has 0 radical (unpaired) electrons. The van der Waals surface area contributed by atoms with Gasteiger partial charge in [0.05, 0.1) is 36.7 Å². The van der Waals surface area contributed by atoms with Crippen molar-refractivity contribution >= 4 is 43.9 Å². The molecule has 2 aromatic carbocycles. The number of fused-ring (bicyclic) bond motifs is 1. The molecule has 0 unspecified atom stereocenters.